The molecule has 0 spiro atoms. The second-order valence-corrected chi connectivity index (χ2v) is 9.50. The minimum atomic E-state index is -0.892. The third-order valence-corrected chi connectivity index (χ3v) is 6.98. The average molecular weight is 531 g/mol. The summed E-state index contributed by atoms with van der Waals surface area (Å²) in [6, 6.07) is 18.3. The van der Waals surface area contributed by atoms with Crippen LogP contribution in [-0.2, 0) is 16.2 Å². The van der Waals surface area contributed by atoms with Gasteiger partial charge < -0.3 is 20.1 Å². The standard InChI is InChI=1S/C31H28F2N2O4/c1-18-27(31(37)35-30-21(32)10-6-11-22(30)33)28(29-23(34-18)12-7-13-24(29)36)20-14-15-25(26(16-20)38-2)39-17-19-8-4-3-5-9-19/h3-6,8-11,14-16,28,34H,7,12-13,17H2,1-2H3,(H,35,37). The van der Waals surface area contributed by atoms with E-state index in [1.165, 1.54) is 13.2 Å². The zero-order chi connectivity index (χ0) is 27.5. The fourth-order valence-electron chi connectivity index (χ4n) is 5.13. The highest BCUT2D eigenvalue weighted by Gasteiger charge is 2.39. The summed E-state index contributed by atoms with van der Waals surface area (Å²) in [5, 5.41) is 5.60. The van der Waals surface area contributed by atoms with Crippen molar-refractivity contribution in [2.75, 3.05) is 12.4 Å². The summed E-state index contributed by atoms with van der Waals surface area (Å²) < 4.78 is 40.4. The van der Waals surface area contributed by atoms with Crippen LogP contribution in [0.4, 0.5) is 14.5 Å². The highest BCUT2D eigenvalue weighted by molar-refractivity contribution is 6.09. The molecule has 0 radical (unpaired) electrons. The number of halogens is 2. The highest BCUT2D eigenvalue weighted by Crippen LogP contribution is 2.44. The van der Waals surface area contributed by atoms with Crippen LogP contribution in [0, 0.1) is 11.6 Å². The Balaban J connectivity index is 1.54. The monoisotopic (exact) mass is 530 g/mol. The smallest absolute Gasteiger partial charge is 0.254 e. The number of allylic oxidation sites excluding steroid dienone is 3. The maximum Gasteiger partial charge on any atom is 0.254 e. The topological polar surface area (TPSA) is 76.7 Å². The van der Waals surface area contributed by atoms with Crippen LogP contribution in [0.15, 0.2) is 89.3 Å². The number of dihydropyridines is 1. The quantitative estimate of drug-likeness (QED) is 0.383. The third kappa shape index (κ3) is 5.27. The molecule has 200 valence electrons. The first kappa shape index (κ1) is 26.2. The molecule has 0 saturated heterocycles. The molecule has 1 aliphatic carbocycles. The van der Waals surface area contributed by atoms with Gasteiger partial charge in [0, 0.05) is 34.9 Å². The average Bonchev–Trinajstić information content (AvgIpc) is 2.93. The summed E-state index contributed by atoms with van der Waals surface area (Å²) in [7, 11) is 1.52. The molecule has 0 saturated carbocycles. The Bertz CT molecular complexity index is 1480. The van der Waals surface area contributed by atoms with Gasteiger partial charge in [-0.05, 0) is 55.2 Å². The van der Waals surface area contributed by atoms with Crippen LogP contribution >= 0.6 is 0 Å². The zero-order valence-corrected chi connectivity index (χ0v) is 21.6. The van der Waals surface area contributed by atoms with Gasteiger partial charge in [-0.3, -0.25) is 9.59 Å². The SMILES string of the molecule is COc1cc(C2C(C(=O)Nc3c(F)cccc3F)=C(C)NC3=C2C(=O)CCC3)ccc1OCc1ccccc1. The molecule has 8 heteroatoms. The molecule has 3 aromatic rings. The number of amides is 1. The Morgan fingerprint density at radius 1 is 1.00 bits per heavy atom. The maximum absolute atomic E-state index is 14.4. The zero-order valence-electron chi connectivity index (χ0n) is 21.6. The first-order valence-corrected chi connectivity index (χ1v) is 12.7. The number of ether oxygens (including phenoxy) is 2. The van der Waals surface area contributed by atoms with Crippen LogP contribution < -0.4 is 20.1 Å². The van der Waals surface area contributed by atoms with Crippen molar-refractivity contribution in [1.29, 1.82) is 0 Å². The first-order chi connectivity index (χ1) is 18.9. The largest absolute Gasteiger partial charge is 0.493 e. The number of ketones is 1. The van der Waals surface area contributed by atoms with Crippen molar-refractivity contribution in [3.8, 4) is 11.5 Å². The van der Waals surface area contributed by atoms with Crippen molar-refractivity contribution < 1.29 is 27.8 Å². The predicted octanol–water partition coefficient (Wildman–Crippen LogP) is 6.16. The highest BCUT2D eigenvalue weighted by atomic mass is 19.1. The Morgan fingerprint density at radius 2 is 1.74 bits per heavy atom. The molecule has 2 aliphatic rings. The van der Waals surface area contributed by atoms with Gasteiger partial charge in [-0.2, -0.15) is 0 Å². The minimum absolute atomic E-state index is 0.0769. The number of benzene rings is 3. The number of anilines is 1. The summed E-state index contributed by atoms with van der Waals surface area (Å²) in [4.78, 5) is 26.8. The summed E-state index contributed by atoms with van der Waals surface area (Å²) >= 11 is 0. The number of hydrogen-bond acceptors (Lipinski definition) is 5. The molecule has 1 amide bonds. The lowest BCUT2D eigenvalue weighted by Gasteiger charge is -2.34. The van der Waals surface area contributed by atoms with Crippen molar-refractivity contribution in [3.63, 3.8) is 0 Å². The Labute approximate surface area is 225 Å². The molecular weight excluding hydrogens is 502 g/mol. The molecule has 0 aromatic heterocycles. The van der Waals surface area contributed by atoms with Crippen LogP contribution in [0.3, 0.4) is 0 Å². The molecule has 39 heavy (non-hydrogen) atoms. The second-order valence-electron chi connectivity index (χ2n) is 9.50. The molecular formula is C31H28F2N2O4. The minimum Gasteiger partial charge on any atom is -0.493 e. The maximum atomic E-state index is 14.4. The van der Waals surface area contributed by atoms with E-state index >= 15 is 0 Å². The van der Waals surface area contributed by atoms with E-state index in [1.807, 2.05) is 30.3 Å². The van der Waals surface area contributed by atoms with E-state index in [0.717, 1.165) is 23.4 Å². The van der Waals surface area contributed by atoms with Crippen LogP contribution in [0.1, 0.15) is 43.2 Å². The molecule has 0 fully saturated rings. The van der Waals surface area contributed by atoms with Gasteiger partial charge >= 0.3 is 0 Å². The molecule has 1 heterocycles. The molecule has 0 bridgehead atoms. The van der Waals surface area contributed by atoms with E-state index in [2.05, 4.69) is 10.6 Å². The van der Waals surface area contributed by atoms with Gasteiger partial charge in [0.25, 0.3) is 5.91 Å². The lowest BCUT2D eigenvalue weighted by atomic mass is 9.75. The molecule has 1 unspecified atom stereocenters. The van der Waals surface area contributed by atoms with E-state index < -0.39 is 29.1 Å². The van der Waals surface area contributed by atoms with Gasteiger partial charge in [0.2, 0.25) is 0 Å². The van der Waals surface area contributed by atoms with Crippen LogP contribution in [0.5, 0.6) is 11.5 Å². The van der Waals surface area contributed by atoms with E-state index in [1.54, 1.807) is 25.1 Å². The molecule has 2 N–H and O–H groups in total. The van der Waals surface area contributed by atoms with Crippen LogP contribution in [-0.4, -0.2) is 18.8 Å². The third-order valence-electron chi connectivity index (χ3n) is 6.98. The molecule has 3 aromatic carbocycles. The van der Waals surface area contributed by atoms with Gasteiger partial charge in [-0.25, -0.2) is 8.78 Å². The molecule has 1 atom stereocenters. The van der Waals surface area contributed by atoms with Crippen molar-refractivity contribution in [2.45, 2.75) is 38.7 Å². The number of nitrogens with one attached hydrogen (secondary N) is 2. The van der Waals surface area contributed by atoms with E-state index in [9.17, 15) is 18.4 Å². The number of rotatable bonds is 7. The summed E-state index contributed by atoms with van der Waals surface area (Å²) in [6.07, 6.45) is 1.70. The number of carbonyl (C=O) groups excluding carboxylic acids is 2. The lowest BCUT2D eigenvalue weighted by molar-refractivity contribution is -0.116. The van der Waals surface area contributed by atoms with E-state index in [4.69, 9.17) is 9.47 Å². The molecule has 1 aliphatic heterocycles. The summed E-state index contributed by atoms with van der Waals surface area (Å²) in [6.45, 7) is 2.05. The predicted molar refractivity (Wildman–Crippen MR) is 143 cm³/mol. The second kappa shape index (κ2) is 11.1. The van der Waals surface area contributed by atoms with Gasteiger partial charge in [0.1, 0.15) is 23.9 Å². The Hall–Kier alpha value is -4.46. The number of carbonyl (C=O) groups is 2. The Morgan fingerprint density at radius 3 is 2.46 bits per heavy atom. The van der Waals surface area contributed by atoms with Crippen LogP contribution in [0.2, 0.25) is 0 Å². The first-order valence-electron chi connectivity index (χ1n) is 12.7. The summed E-state index contributed by atoms with van der Waals surface area (Å²) in [5.74, 6) is -2.39. The summed E-state index contributed by atoms with van der Waals surface area (Å²) in [5.41, 5.74) is 3.01. The number of para-hydroxylation sites is 1. The number of Topliss-reactive ketones (excluding diaryl/α,β-unsaturated/α-hetero) is 1. The lowest BCUT2D eigenvalue weighted by Crippen LogP contribution is -2.35. The normalized spacial score (nSPS) is 16.9. The van der Waals surface area contributed by atoms with Crippen molar-refractivity contribution in [1.82, 2.24) is 5.32 Å². The number of hydrogen-bond donors (Lipinski definition) is 2. The van der Waals surface area contributed by atoms with Gasteiger partial charge in [-0.1, -0.05) is 42.5 Å². The van der Waals surface area contributed by atoms with Crippen molar-refractivity contribution >= 4 is 17.4 Å². The van der Waals surface area contributed by atoms with Gasteiger partial charge in [0.05, 0.1) is 7.11 Å². The van der Waals surface area contributed by atoms with Gasteiger partial charge in [-0.15, -0.1) is 0 Å². The van der Waals surface area contributed by atoms with Gasteiger partial charge in [0.15, 0.2) is 17.3 Å². The molecule has 5 rings (SSSR count). The number of methoxy groups -OCH3 is 1. The molecule has 6 nitrogen and oxygen atoms in total. The van der Waals surface area contributed by atoms with Crippen molar-refractivity contribution in [3.05, 3.63) is 112 Å². The van der Waals surface area contributed by atoms with Crippen LogP contribution in [0.25, 0.3) is 0 Å². The van der Waals surface area contributed by atoms with E-state index in [0.29, 0.717) is 54.2 Å². The Kier molecular flexibility index (Phi) is 7.45. The fraction of sp³-hybridized carbons (Fsp3) is 0.226. The van der Waals surface area contributed by atoms with Crippen molar-refractivity contribution in [2.24, 2.45) is 0 Å². The van der Waals surface area contributed by atoms with E-state index in [-0.39, 0.29) is 11.4 Å². The fourth-order valence-corrected chi connectivity index (χ4v) is 5.13.